The predicted octanol–water partition coefficient (Wildman–Crippen LogP) is 6.92. The van der Waals surface area contributed by atoms with Gasteiger partial charge in [-0.2, -0.15) is 0 Å². The lowest BCUT2D eigenvalue weighted by Gasteiger charge is -2.35. The SMILES string of the molecule is COc1cc2cc(n1)[C@@H](N1CCC(c3c(F)ccc(Cl)c3F)=CC1=O)CCC[C@@H](C)C(=O)Nc1cc(N(C)C(=O)O)ccc1-2. The first-order valence-electron chi connectivity index (χ1n) is 14.1. The number of fused-ring (bicyclic) bond motifs is 4. The third-order valence-electron chi connectivity index (χ3n) is 8.12. The molecule has 3 amide bonds. The highest BCUT2D eigenvalue weighted by Gasteiger charge is 2.32. The van der Waals surface area contributed by atoms with E-state index in [1.54, 1.807) is 36.1 Å². The Morgan fingerprint density at radius 3 is 2.64 bits per heavy atom. The number of hydrogen-bond acceptors (Lipinski definition) is 5. The summed E-state index contributed by atoms with van der Waals surface area (Å²) in [5.74, 6) is -2.48. The summed E-state index contributed by atoms with van der Waals surface area (Å²) in [6, 6.07) is 10.1. The highest BCUT2D eigenvalue weighted by molar-refractivity contribution is 6.31. The number of hydrogen-bond donors (Lipinski definition) is 2. The number of rotatable bonds is 4. The molecule has 44 heavy (non-hydrogen) atoms. The molecule has 0 fully saturated rings. The number of anilines is 2. The molecule has 2 aliphatic heterocycles. The van der Waals surface area contributed by atoms with E-state index < -0.39 is 29.7 Å². The highest BCUT2D eigenvalue weighted by atomic mass is 35.5. The predicted molar refractivity (Wildman–Crippen MR) is 163 cm³/mol. The number of carbonyl (C=O) groups excluding carboxylic acids is 2. The van der Waals surface area contributed by atoms with Gasteiger partial charge in [-0.3, -0.25) is 14.5 Å². The number of nitrogens with zero attached hydrogens (tertiary/aromatic N) is 3. The highest BCUT2D eigenvalue weighted by Crippen LogP contribution is 2.39. The van der Waals surface area contributed by atoms with Crippen molar-refractivity contribution in [2.75, 3.05) is 30.9 Å². The van der Waals surface area contributed by atoms with Crippen molar-refractivity contribution in [2.45, 2.75) is 38.6 Å². The molecule has 1 aromatic heterocycles. The molecule has 2 N–H and O–H groups in total. The summed E-state index contributed by atoms with van der Waals surface area (Å²) in [6.45, 7) is 1.98. The first kappa shape index (κ1) is 30.9. The van der Waals surface area contributed by atoms with Crippen molar-refractivity contribution in [1.82, 2.24) is 9.88 Å². The van der Waals surface area contributed by atoms with Crippen molar-refractivity contribution in [1.29, 1.82) is 0 Å². The van der Waals surface area contributed by atoms with Crippen LogP contribution in [-0.2, 0) is 9.59 Å². The zero-order valence-electron chi connectivity index (χ0n) is 24.4. The quantitative estimate of drug-likeness (QED) is 0.305. The van der Waals surface area contributed by atoms with Crippen molar-refractivity contribution >= 4 is 46.5 Å². The summed E-state index contributed by atoms with van der Waals surface area (Å²) in [5, 5.41) is 12.2. The van der Waals surface area contributed by atoms with Crippen LogP contribution in [0.4, 0.5) is 25.0 Å². The van der Waals surface area contributed by atoms with Crippen LogP contribution in [0.1, 0.15) is 49.9 Å². The minimum Gasteiger partial charge on any atom is -0.481 e. The summed E-state index contributed by atoms with van der Waals surface area (Å²) in [4.78, 5) is 45.8. The molecule has 5 rings (SSSR count). The second-order valence-electron chi connectivity index (χ2n) is 10.9. The number of halogens is 3. The molecule has 0 aliphatic carbocycles. The van der Waals surface area contributed by atoms with E-state index in [4.69, 9.17) is 16.3 Å². The molecule has 0 saturated carbocycles. The topological polar surface area (TPSA) is 112 Å². The lowest BCUT2D eigenvalue weighted by atomic mass is 9.92. The lowest BCUT2D eigenvalue weighted by Crippen LogP contribution is -2.38. The zero-order chi connectivity index (χ0) is 31.7. The van der Waals surface area contributed by atoms with Gasteiger partial charge >= 0.3 is 6.09 Å². The number of benzene rings is 2. The number of aromatic nitrogens is 1. The maximum Gasteiger partial charge on any atom is 0.411 e. The van der Waals surface area contributed by atoms with Gasteiger partial charge in [0, 0.05) is 42.9 Å². The summed E-state index contributed by atoms with van der Waals surface area (Å²) in [5.41, 5.74) is 2.47. The molecule has 2 bridgehead atoms. The van der Waals surface area contributed by atoms with Crippen LogP contribution < -0.4 is 15.0 Å². The summed E-state index contributed by atoms with van der Waals surface area (Å²) < 4.78 is 34.9. The van der Waals surface area contributed by atoms with Gasteiger partial charge in [0.2, 0.25) is 17.7 Å². The molecule has 3 heterocycles. The molecule has 2 atom stereocenters. The average Bonchev–Trinajstić information content (AvgIpc) is 3.00. The Morgan fingerprint density at radius 2 is 1.93 bits per heavy atom. The van der Waals surface area contributed by atoms with Gasteiger partial charge in [0.15, 0.2) is 5.82 Å². The second-order valence-corrected chi connectivity index (χ2v) is 11.3. The molecule has 3 aromatic rings. The van der Waals surface area contributed by atoms with Crippen LogP contribution in [0.25, 0.3) is 16.7 Å². The van der Waals surface area contributed by atoms with E-state index in [2.05, 4.69) is 10.3 Å². The van der Waals surface area contributed by atoms with Crippen LogP contribution in [0, 0.1) is 17.6 Å². The van der Waals surface area contributed by atoms with Gasteiger partial charge in [0.05, 0.1) is 35.1 Å². The van der Waals surface area contributed by atoms with Gasteiger partial charge in [-0.1, -0.05) is 31.0 Å². The molecule has 12 heteroatoms. The molecule has 0 unspecified atom stereocenters. The fourth-order valence-corrected chi connectivity index (χ4v) is 5.77. The van der Waals surface area contributed by atoms with Gasteiger partial charge in [-0.05, 0) is 60.7 Å². The van der Waals surface area contributed by atoms with E-state index in [0.717, 1.165) is 17.0 Å². The monoisotopic (exact) mass is 624 g/mol. The Kier molecular flexibility index (Phi) is 8.87. The third-order valence-corrected chi connectivity index (χ3v) is 8.42. The molecule has 2 aromatic carbocycles. The van der Waals surface area contributed by atoms with Gasteiger partial charge in [-0.15, -0.1) is 0 Å². The van der Waals surface area contributed by atoms with E-state index in [-0.39, 0.29) is 46.8 Å². The molecule has 0 saturated heterocycles. The molecular formula is C32H31ClF2N4O5. The van der Waals surface area contributed by atoms with E-state index in [9.17, 15) is 28.3 Å². The Balaban J connectivity index is 1.60. The molecule has 2 aliphatic rings. The minimum atomic E-state index is -1.15. The maximum atomic E-state index is 14.8. The fraction of sp³-hybridized carbons (Fsp3) is 0.312. The van der Waals surface area contributed by atoms with Crippen LogP contribution in [0.2, 0.25) is 5.02 Å². The number of nitrogens with one attached hydrogen (secondary N) is 1. The van der Waals surface area contributed by atoms with Crippen LogP contribution in [-0.4, -0.2) is 53.6 Å². The van der Waals surface area contributed by atoms with Gasteiger partial charge < -0.3 is 20.1 Å². The second kappa shape index (κ2) is 12.6. The van der Waals surface area contributed by atoms with Crippen molar-refractivity contribution in [2.24, 2.45) is 5.92 Å². The van der Waals surface area contributed by atoms with Crippen molar-refractivity contribution in [3.63, 3.8) is 0 Å². The number of ether oxygens (including phenoxy) is 1. The number of amides is 3. The summed E-state index contributed by atoms with van der Waals surface area (Å²) in [6.07, 6.45) is 1.82. The molecule has 230 valence electrons. The van der Waals surface area contributed by atoms with Crippen LogP contribution in [0.3, 0.4) is 0 Å². The van der Waals surface area contributed by atoms with Crippen molar-refractivity contribution < 1.29 is 33.0 Å². The Labute approximate surface area is 258 Å². The zero-order valence-corrected chi connectivity index (χ0v) is 25.1. The van der Waals surface area contributed by atoms with E-state index in [1.807, 2.05) is 6.07 Å². The molecule has 0 spiro atoms. The van der Waals surface area contributed by atoms with Gasteiger partial charge in [0.25, 0.3) is 0 Å². The van der Waals surface area contributed by atoms with Gasteiger partial charge in [-0.25, -0.2) is 18.6 Å². The number of carbonyl (C=O) groups is 3. The van der Waals surface area contributed by atoms with E-state index in [0.29, 0.717) is 47.5 Å². The molecular weight excluding hydrogens is 594 g/mol. The Bertz CT molecular complexity index is 1680. The Hall–Kier alpha value is -4.51. The maximum absolute atomic E-state index is 14.8. The summed E-state index contributed by atoms with van der Waals surface area (Å²) >= 11 is 5.90. The molecule has 0 radical (unpaired) electrons. The standard InChI is InChI=1S/C32H31ClF2N4O5/c1-17-5-4-6-26(39-12-11-18(15-28(39)40)29-23(34)10-9-22(33)30(29)35)25-13-19(14-27(36-25)44-3)21-8-7-20(38(2)32(42)43)16-24(21)37-31(17)41/h7-10,13-17,26H,4-6,11-12H2,1-3H3,(H,37,41)(H,42,43)/t17-,26+/m1/s1. The van der Waals surface area contributed by atoms with Crippen LogP contribution in [0.15, 0.2) is 48.5 Å². The fourth-order valence-electron chi connectivity index (χ4n) is 5.61. The van der Waals surface area contributed by atoms with Crippen LogP contribution >= 0.6 is 11.6 Å². The van der Waals surface area contributed by atoms with E-state index in [1.165, 1.54) is 20.2 Å². The number of methoxy groups -OCH3 is 1. The lowest BCUT2D eigenvalue weighted by molar-refractivity contribution is -0.129. The van der Waals surface area contributed by atoms with Crippen molar-refractivity contribution in [3.8, 4) is 17.0 Å². The first-order chi connectivity index (χ1) is 21.0. The average molecular weight is 625 g/mol. The summed E-state index contributed by atoms with van der Waals surface area (Å²) in [7, 11) is 2.88. The molecule has 9 nitrogen and oxygen atoms in total. The third kappa shape index (κ3) is 6.10. The van der Waals surface area contributed by atoms with Gasteiger partial charge in [0.1, 0.15) is 5.82 Å². The minimum absolute atomic E-state index is 0.173. The van der Waals surface area contributed by atoms with E-state index >= 15 is 0 Å². The van der Waals surface area contributed by atoms with Crippen molar-refractivity contribution in [3.05, 3.63) is 76.5 Å². The first-order valence-corrected chi connectivity index (χ1v) is 14.5. The van der Waals surface area contributed by atoms with Crippen LogP contribution in [0.5, 0.6) is 5.88 Å². The number of pyridine rings is 1. The normalized spacial score (nSPS) is 18.8. The largest absolute Gasteiger partial charge is 0.481 e. The Morgan fingerprint density at radius 1 is 1.16 bits per heavy atom. The number of carboxylic acid groups (broad SMARTS) is 1. The smallest absolute Gasteiger partial charge is 0.411 e.